The van der Waals surface area contributed by atoms with Gasteiger partial charge in [0.15, 0.2) is 0 Å². The molecule has 0 spiro atoms. The Kier molecular flexibility index (Phi) is 5.88. The van der Waals surface area contributed by atoms with E-state index in [4.69, 9.17) is 5.73 Å². The van der Waals surface area contributed by atoms with Crippen LogP contribution >= 0.6 is 12.4 Å². The van der Waals surface area contributed by atoms with Crippen molar-refractivity contribution < 1.29 is 12.8 Å². The van der Waals surface area contributed by atoms with Crippen molar-refractivity contribution in [2.75, 3.05) is 13.1 Å². The lowest BCUT2D eigenvalue weighted by Crippen LogP contribution is -2.29. The molecule has 0 radical (unpaired) electrons. The van der Waals surface area contributed by atoms with Crippen molar-refractivity contribution in [2.45, 2.75) is 11.8 Å². The van der Waals surface area contributed by atoms with Crippen LogP contribution in [0.3, 0.4) is 0 Å². The fourth-order valence-electron chi connectivity index (χ4n) is 1.09. The second kappa shape index (κ2) is 6.15. The molecule has 1 rings (SSSR count). The summed E-state index contributed by atoms with van der Waals surface area (Å²) in [4.78, 5) is -0.346. The van der Waals surface area contributed by atoms with Crippen molar-refractivity contribution >= 4 is 22.4 Å². The van der Waals surface area contributed by atoms with Gasteiger partial charge in [0.05, 0.1) is 0 Å². The second-order valence-corrected chi connectivity index (χ2v) is 4.86. The third-order valence-corrected chi connectivity index (χ3v) is 3.31. The average Bonchev–Trinajstić information content (AvgIpc) is 2.14. The van der Waals surface area contributed by atoms with E-state index >= 15 is 0 Å². The van der Waals surface area contributed by atoms with Crippen LogP contribution in [0.15, 0.2) is 23.1 Å². The lowest BCUT2D eigenvalue weighted by Gasteiger charge is -2.06. The van der Waals surface area contributed by atoms with Gasteiger partial charge in [-0.2, -0.15) is 0 Å². The SMILES string of the molecule is Cc1ccc(S(=O)(=O)NCCN)c(F)c1.Cl. The molecular formula is C9H14ClFN2O2S. The number of hydrogen-bond acceptors (Lipinski definition) is 3. The molecule has 0 heterocycles. The van der Waals surface area contributed by atoms with E-state index in [2.05, 4.69) is 4.72 Å². The number of hydrogen-bond donors (Lipinski definition) is 2. The summed E-state index contributed by atoms with van der Waals surface area (Å²) in [7, 11) is -3.77. The van der Waals surface area contributed by atoms with Gasteiger partial charge in [-0.3, -0.25) is 0 Å². The molecule has 0 amide bonds. The van der Waals surface area contributed by atoms with Crippen LogP contribution in [-0.4, -0.2) is 21.5 Å². The predicted octanol–water partition coefficient (Wildman–Crippen LogP) is 0.793. The highest BCUT2D eigenvalue weighted by Crippen LogP contribution is 2.15. The van der Waals surface area contributed by atoms with Crippen LogP contribution in [0.5, 0.6) is 0 Å². The van der Waals surface area contributed by atoms with Gasteiger partial charge in [0, 0.05) is 13.1 Å². The van der Waals surface area contributed by atoms with Crippen LogP contribution in [0.1, 0.15) is 5.56 Å². The Morgan fingerprint density at radius 3 is 2.56 bits per heavy atom. The van der Waals surface area contributed by atoms with Gasteiger partial charge in [-0.05, 0) is 24.6 Å². The van der Waals surface area contributed by atoms with Crippen molar-refractivity contribution in [1.29, 1.82) is 0 Å². The topological polar surface area (TPSA) is 72.2 Å². The first kappa shape index (κ1) is 15.3. The third kappa shape index (κ3) is 3.71. The first-order valence-corrected chi connectivity index (χ1v) is 5.91. The molecule has 0 fully saturated rings. The van der Waals surface area contributed by atoms with Crippen molar-refractivity contribution in [3.63, 3.8) is 0 Å². The molecule has 0 saturated heterocycles. The van der Waals surface area contributed by atoms with E-state index in [0.717, 1.165) is 0 Å². The number of halogens is 2. The summed E-state index contributed by atoms with van der Waals surface area (Å²) in [5.41, 5.74) is 5.83. The smallest absolute Gasteiger partial charge is 0.243 e. The Morgan fingerprint density at radius 2 is 2.06 bits per heavy atom. The molecule has 0 atom stereocenters. The van der Waals surface area contributed by atoms with E-state index in [1.165, 1.54) is 12.1 Å². The fourth-order valence-corrected chi connectivity index (χ4v) is 2.20. The van der Waals surface area contributed by atoms with Crippen molar-refractivity contribution in [2.24, 2.45) is 5.73 Å². The number of aryl methyl sites for hydroxylation is 1. The van der Waals surface area contributed by atoms with Gasteiger partial charge in [0.2, 0.25) is 10.0 Å². The van der Waals surface area contributed by atoms with E-state index in [-0.39, 0.29) is 30.4 Å². The molecule has 1 aromatic carbocycles. The Hall–Kier alpha value is -0.690. The molecule has 3 N–H and O–H groups in total. The van der Waals surface area contributed by atoms with E-state index < -0.39 is 15.8 Å². The number of benzene rings is 1. The maximum atomic E-state index is 13.3. The number of sulfonamides is 1. The molecule has 0 unspecified atom stereocenters. The summed E-state index contributed by atoms with van der Waals surface area (Å²) >= 11 is 0. The highest BCUT2D eigenvalue weighted by atomic mass is 35.5. The van der Waals surface area contributed by atoms with Gasteiger partial charge in [-0.25, -0.2) is 17.5 Å². The number of rotatable bonds is 4. The first-order chi connectivity index (χ1) is 6.97. The highest BCUT2D eigenvalue weighted by Gasteiger charge is 2.17. The summed E-state index contributed by atoms with van der Waals surface area (Å²) in [5, 5.41) is 0. The second-order valence-electron chi connectivity index (χ2n) is 3.12. The Labute approximate surface area is 100 Å². The minimum Gasteiger partial charge on any atom is -0.329 e. The molecular weight excluding hydrogens is 255 g/mol. The lowest BCUT2D eigenvalue weighted by atomic mass is 10.2. The molecule has 0 bridgehead atoms. The average molecular weight is 269 g/mol. The Morgan fingerprint density at radius 1 is 1.44 bits per heavy atom. The lowest BCUT2D eigenvalue weighted by molar-refractivity contribution is 0.557. The van der Waals surface area contributed by atoms with Crippen LogP contribution in [0.25, 0.3) is 0 Å². The highest BCUT2D eigenvalue weighted by molar-refractivity contribution is 7.89. The van der Waals surface area contributed by atoms with Crippen molar-refractivity contribution in [3.8, 4) is 0 Å². The van der Waals surface area contributed by atoms with Gasteiger partial charge in [0.25, 0.3) is 0 Å². The normalized spacial score (nSPS) is 10.9. The van der Waals surface area contributed by atoms with E-state index in [0.29, 0.717) is 5.56 Å². The minimum absolute atomic E-state index is 0. The number of nitrogens with two attached hydrogens (primary N) is 1. The van der Waals surface area contributed by atoms with Gasteiger partial charge >= 0.3 is 0 Å². The van der Waals surface area contributed by atoms with Gasteiger partial charge in [-0.15, -0.1) is 12.4 Å². The maximum Gasteiger partial charge on any atom is 0.243 e. The molecule has 0 saturated carbocycles. The zero-order chi connectivity index (χ0) is 11.5. The van der Waals surface area contributed by atoms with Crippen LogP contribution in [0, 0.1) is 12.7 Å². The molecule has 0 aliphatic heterocycles. The molecule has 92 valence electrons. The van der Waals surface area contributed by atoms with Gasteiger partial charge in [0.1, 0.15) is 10.7 Å². The first-order valence-electron chi connectivity index (χ1n) is 4.43. The monoisotopic (exact) mass is 268 g/mol. The Balaban J connectivity index is 0.00000225. The quantitative estimate of drug-likeness (QED) is 0.848. The molecule has 0 aliphatic carbocycles. The molecule has 4 nitrogen and oxygen atoms in total. The fraction of sp³-hybridized carbons (Fsp3) is 0.333. The van der Waals surface area contributed by atoms with Gasteiger partial charge in [-0.1, -0.05) is 6.07 Å². The van der Waals surface area contributed by atoms with Crippen molar-refractivity contribution in [3.05, 3.63) is 29.6 Å². The molecule has 1 aromatic rings. The molecule has 0 aromatic heterocycles. The van der Waals surface area contributed by atoms with Gasteiger partial charge < -0.3 is 5.73 Å². The minimum atomic E-state index is -3.77. The van der Waals surface area contributed by atoms with E-state index in [1.807, 2.05) is 0 Å². The standard InChI is InChI=1S/C9H13FN2O2S.ClH/c1-7-2-3-9(8(10)6-7)15(13,14)12-5-4-11;/h2-3,6,12H,4-5,11H2,1H3;1H. The predicted molar refractivity (Wildman–Crippen MR) is 62.6 cm³/mol. The zero-order valence-corrected chi connectivity index (χ0v) is 10.4. The summed E-state index contributed by atoms with van der Waals surface area (Å²) < 4.78 is 38.5. The molecule has 0 aliphatic rings. The van der Waals surface area contributed by atoms with Crippen LogP contribution < -0.4 is 10.5 Å². The molecule has 16 heavy (non-hydrogen) atoms. The van der Waals surface area contributed by atoms with E-state index in [9.17, 15) is 12.8 Å². The number of nitrogens with one attached hydrogen (secondary N) is 1. The molecule has 7 heteroatoms. The largest absolute Gasteiger partial charge is 0.329 e. The summed E-state index contributed by atoms with van der Waals surface area (Å²) in [5.74, 6) is -0.750. The summed E-state index contributed by atoms with van der Waals surface area (Å²) in [6.45, 7) is 1.95. The van der Waals surface area contributed by atoms with Crippen LogP contribution in [-0.2, 0) is 10.0 Å². The zero-order valence-electron chi connectivity index (χ0n) is 8.73. The summed E-state index contributed by atoms with van der Waals surface area (Å²) in [6.07, 6.45) is 0. The van der Waals surface area contributed by atoms with Crippen molar-refractivity contribution in [1.82, 2.24) is 4.72 Å². The third-order valence-electron chi connectivity index (χ3n) is 1.81. The van der Waals surface area contributed by atoms with E-state index in [1.54, 1.807) is 13.0 Å². The summed E-state index contributed by atoms with van der Waals surface area (Å²) in [6, 6.07) is 3.96. The van der Waals surface area contributed by atoms with Crippen LogP contribution in [0.4, 0.5) is 4.39 Å². The van der Waals surface area contributed by atoms with Crippen LogP contribution in [0.2, 0.25) is 0 Å². The maximum absolute atomic E-state index is 13.3. The Bertz CT molecular complexity index is 451.